The van der Waals surface area contributed by atoms with E-state index in [1.807, 2.05) is 30.3 Å². The van der Waals surface area contributed by atoms with Gasteiger partial charge in [-0.1, -0.05) is 30.3 Å². The molecule has 1 nitrogen and oxygen atoms in total. The van der Waals surface area contributed by atoms with E-state index in [0.29, 0.717) is 12.8 Å². The molecule has 106 valence electrons. The molecule has 1 aliphatic carbocycles. The number of hydrogen-bond donors (Lipinski definition) is 1. The zero-order valence-corrected chi connectivity index (χ0v) is 10.9. The zero-order valence-electron chi connectivity index (χ0n) is 10.9. The summed E-state index contributed by atoms with van der Waals surface area (Å²) in [7, 11) is 0. The maximum atomic E-state index is 12.6. The van der Waals surface area contributed by atoms with Crippen LogP contribution in [0, 0.1) is 11.8 Å². The summed E-state index contributed by atoms with van der Waals surface area (Å²) in [6, 6.07) is 9.87. The SMILES string of the molecule is NC(Cc1ccccc1)C1CCC(C(F)(F)F)CC1. The number of hydrogen-bond acceptors (Lipinski definition) is 1. The Kier molecular flexibility index (Phi) is 4.50. The maximum absolute atomic E-state index is 12.6. The molecule has 0 aliphatic heterocycles. The van der Waals surface area contributed by atoms with Gasteiger partial charge in [-0.2, -0.15) is 13.2 Å². The molecule has 19 heavy (non-hydrogen) atoms. The van der Waals surface area contributed by atoms with Gasteiger partial charge < -0.3 is 5.73 Å². The van der Waals surface area contributed by atoms with Gasteiger partial charge in [-0.15, -0.1) is 0 Å². The normalized spacial score (nSPS) is 26.1. The van der Waals surface area contributed by atoms with Crippen molar-refractivity contribution >= 4 is 0 Å². The molecule has 0 aromatic heterocycles. The van der Waals surface area contributed by atoms with Crippen molar-refractivity contribution in [1.29, 1.82) is 0 Å². The fraction of sp³-hybridized carbons (Fsp3) is 0.600. The van der Waals surface area contributed by atoms with E-state index in [9.17, 15) is 13.2 Å². The summed E-state index contributed by atoms with van der Waals surface area (Å²) in [5.74, 6) is -0.897. The third kappa shape index (κ3) is 3.96. The summed E-state index contributed by atoms with van der Waals surface area (Å²) in [4.78, 5) is 0. The molecule has 1 aliphatic rings. The molecule has 0 spiro atoms. The lowest BCUT2D eigenvalue weighted by atomic mass is 9.77. The van der Waals surface area contributed by atoms with Crippen molar-refractivity contribution in [3.63, 3.8) is 0 Å². The van der Waals surface area contributed by atoms with E-state index in [1.54, 1.807) is 0 Å². The van der Waals surface area contributed by atoms with E-state index in [-0.39, 0.29) is 24.8 Å². The predicted molar refractivity (Wildman–Crippen MR) is 69.6 cm³/mol. The monoisotopic (exact) mass is 271 g/mol. The minimum atomic E-state index is -4.03. The highest BCUT2D eigenvalue weighted by atomic mass is 19.4. The number of halogens is 3. The molecule has 2 rings (SSSR count). The van der Waals surface area contributed by atoms with Crippen molar-refractivity contribution < 1.29 is 13.2 Å². The largest absolute Gasteiger partial charge is 0.391 e. The van der Waals surface area contributed by atoms with Gasteiger partial charge >= 0.3 is 6.18 Å². The van der Waals surface area contributed by atoms with E-state index >= 15 is 0 Å². The topological polar surface area (TPSA) is 26.0 Å². The average Bonchev–Trinajstić information content (AvgIpc) is 2.39. The van der Waals surface area contributed by atoms with E-state index < -0.39 is 12.1 Å². The molecule has 1 aromatic carbocycles. The fourth-order valence-corrected chi connectivity index (χ4v) is 2.93. The first-order chi connectivity index (χ1) is 8.97. The summed E-state index contributed by atoms with van der Waals surface area (Å²) in [6.07, 6.45) is -1.62. The van der Waals surface area contributed by atoms with E-state index in [2.05, 4.69) is 0 Å². The number of nitrogens with two attached hydrogens (primary N) is 1. The fourth-order valence-electron chi connectivity index (χ4n) is 2.93. The number of rotatable bonds is 3. The molecule has 1 saturated carbocycles. The van der Waals surface area contributed by atoms with Gasteiger partial charge in [0, 0.05) is 6.04 Å². The molecule has 0 bridgehead atoms. The Morgan fingerprint density at radius 2 is 1.63 bits per heavy atom. The Labute approximate surface area is 112 Å². The Hall–Kier alpha value is -1.03. The van der Waals surface area contributed by atoms with Crippen LogP contribution in [0.15, 0.2) is 30.3 Å². The lowest BCUT2D eigenvalue weighted by molar-refractivity contribution is -0.184. The van der Waals surface area contributed by atoms with E-state index in [1.165, 1.54) is 0 Å². The predicted octanol–water partition coefficient (Wildman–Crippen LogP) is 3.93. The van der Waals surface area contributed by atoms with Crippen LogP contribution in [0.25, 0.3) is 0 Å². The van der Waals surface area contributed by atoms with Gasteiger partial charge in [-0.05, 0) is 43.6 Å². The van der Waals surface area contributed by atoms with Crippen molar-refractivity contribution in [1.82, 2.24) is 0 Å². The minimum absolute atomic E-state index is 0.0309. The molecule has 1 fully saturated rings. The maximum Gasteiger partial charge on any atom is 0.391 e. The van der Waals surface area contributed by atoms with Gasteiger partial charge in [0.15, 0.2) is 0 Å². The Balaban J connectivity index is 1.84. The van der Waals surface area contributed by atoms with Crippen LogP contribution >= 0.6 is 0 Å². The first-order valence-corrected chi connectivity index (χ1v) is 6.83. The van der Waals surface area contributed by atoms with Gasteiger partial charge in [0.25, 0.3) is 0 Å². The summed E-state index contributed by atoms with van der Waals surface area (Å²) < 4.78 is 37.8. The van der Waals surface area contributed by atoms with Crippen LogP contribution in [0.2, 0.25) is 0 Å². The van der Waals surface area contributed by atoms with Gasteiger partial charge in [0.05, 0.1) is 5.92 Å². The zero-order chi connectivity index (χ0) is 13.9. The molecule has 1 aromatic rings. The Bertz CT molecular complexity index is 380. The second-order valence-electron chi connectivity index (χ2n) is 5.51. The molecule has 0 amide bonds. The summed E-state index contributed by atoms with van der Waals surface area (Å²) in [5, 5.41) is 0. The van der Waals surface area contributed by atoms with Crippen LogP contribution in [-0.4, -0.2) is 12.2 Å². The Morgan fingerprint density at radius 3 is 2.16 bits per heavy atom. The smallest absolute Gasteiger partial charge is 0.327 e. The van der Waals surface area contributed by atoms with Gasteiger partial charge in [-0.3, -0.25) is 0 Å². The average molecular weight is 271 g/mol. The van der Waals surface area contributed by atoms with Crippen molar-refractivity contribution in [2.45, 2.75) is 44.3 Å². The third-order valence-electron chi connectivity index (χ3n) is 4.15. The first kappa shape index (κ1) is 14.4. The molecular formula is C15H20F3N. The van der Waals surface area contributed by atoms with Crippen LogP contribution in [0.4, 0.5) is 13.2 Å². The van der Waals surface area contributed by atoms with Crippen molar-refractivity contribution in [2.24, 2.45) is 17.6 Å². The first-order valence-electron chi connectivity index (χ1n) is 6.83. The summed E-state index contributed by atoms with van der Waals surface area (Å²) in [5.41, 5.74) is 7.31. The third-order valence-corrected chi connectivity index (χ3v) is 4.15. The number of alkyl halides is 3. The molecule has 0 saturated heterocycles. The highest BCUT2D eigenvalue weighted by Gasteiger charge is 2.42. The van der Waals surface area contributed by atoms with Gasteiger partial charge in [-0.25, -0.2) is 0 Å². The standard InChI is InChI=1S/C15H20F3N/c16-15(17,18)13-8-6-12(7-9-13)14(19)10-11-4-2-1-3-5-11/h1-5,12-14H,6-10,19H2. The molecule has 1 atom stereocenters. The lowest BCUT2D eigenvalue weighted by Gasteiger charge is -2.33. The number of benzene rings is 1. The van der Waals surface area contributed by atoms with Crippen LogP contribution in [0.1, 0.15) is 31.2 Å². The molecule has 0 heterocycles. The van der Waals surface area contributed by atoms with Crippen molar-refractivity contribution in [3.05, 3.63) is 35.9 Å². The second kappa shape index (κ2) is 5.95. The molecule has 4 heteroatoms. The van der Waals surface area contributed by atoms with Crippen LogP contribution < -0.4 is 5.73 Å². The quantitative estimate of drug-likeness (QED) is 0.885. The Morgan fingerprint density at radius 1 is 1.05 bits per heavy atom. The molecule has 0 radical (unpaired) electrons. The minimum Gasteiger partial charge on any atom is -0.327 e. The van der Waals surface area contributed by atoms with Crippen molar-refractivity contribution in [3.8, 4) is 0 Å². The summed E-state index contributed by atoms with van der Waals surface area (Å²) >= 11 is 0. The van der Waals surface area contributed by atoms with Crippen LogP contribution in [0.5, 0.6) is 0 Å². The van der Waals surface area contributed by atoms with Gasteiger partial charge in [0.2, 0.25) is 0 Å². The molecular weight excluding hydrogens is 251 g/mol. The van der Waals surface area contributed by atoms with Crippen molar-refractivity contribution in [2.75, 3.05) is 0 Å². The highest BCUT2D eigenvalue weighted by Crippen LogP contribution is 2.40. The highest BCUT2D eigenvalue weighted by molar-refractivity contribution is 5.16. The lowest BCUT2D eigenvalue weighted by Crippen LogP contribution is -2.37. The van der Waals surface area contributed by atoms with Gasteiger partial charge in [0.1, 0.15) is 0 Å². The van der Waals surface area contributed by atoms with Crippen LogP contribution in [-0.2, 0) is 6.42 Å². The summed E-state index contributed by atoms with van der Waals surface area (Å²) in [6.45, 7) is 0. The second-order valence-corrected chi connectivity index (χ2v) is 5.51. The van der Waals surface area contributed by atoms with Crippen LogP contribution in [0.3, 0.4) is 0 Å². The molecule has 1 unspecified atom stereocenters. The van der Waals surface area contributed by atoms with E-state index in [4.69, 9.17) is 5.73 Å². The molecule has 2 N–H and O–H groups in total. The van der Waals surface area contributed by atoms with E-state index in [0.717, 1.165) is 12.0 Å².